The van der Waals surface area contributed by atoms with Crippen LogP contribution in [0.15, 0.2) is 24.3 Å². The van der Waals surface area contributed by atoms with Crippen LogP contribution in [0.25, 0.3) is 0 Å². The number of halogens is 1. The van der Waals surface area contributed by atoms with Crippen molar-refractivity contribution in [1.82, 2.24) is 16.2 Å². The van der Waals surface area contributed by atoms with E-state index in [0.29, 0.717) is 36.8 Å². The maximum absolute atomic E-state index is 13.5. The van der Waals surface area contributed by atoms with Crippen molar-refractivity contribution < 1.29 is 9.13 Å². The zero-order valence-electron chi connectivity index (χ0n) is 15.3. The summed E-state index contributed by atoms with van der Waals surface area (Å²) in [6.07, 6.45) is 2.56. The lowest BCUT2D eigenvalue weighted by molar-refractivity contribution is 0.0852. The van der Waals surface area contributed by atoms with Crippen LogP contribution in [0.4, 0.5) is 10.1 Å². The number of benzene rings is 1. The molecule has 0 amide bonds. The van der Waals surface area contributed by atoms with Crippen molar-refractivity contribution in [2.45, 2.75) is 51.0 Å². The van der Waals surface area contributed by atoms with Crippen molar-refractivity contribution in [2.75, 3.05) is 25.2 Å². The van der Waals surface area contributed by atoms with E-state index in [2.05, 4.69) is 34.9 Å². The minimum atomic E-state index is -0.182. The summed E-state index contributed by atoms with van der Waals surface area (Å²) in [6, 6.07) is 8.19. The molecule has 5 atom stereocenters. The highest BCUT2D eigenvalue weighted by atomic mass is 19.1. The second-order valence-corrected chi connectivity index (χ2v) is 8.40. The van der Waals surface area contributed by atoms with E-state index in [1.807, 2.05) is 12.1 Å². The summed E-state index contributed by atoms with van der Waals surface area (Å²) in [5.41, 5.74) is 7.76. The summed E-state index contributed by atoms with van der Waals surface area (Å²) < 4.78 is 19.0. The van der Waals surface area contributed by atoms with Crippen LogP contribution in [0.3, 0.4) is 0 Å². The number of ether oxygens (including phenoxy) is 1. The SMILES string of the molecule is COCC(C)(C)C1CC2NC3NNCC3CC2N1c1ccc(F)cc1. The normalized spacial score (nSPS) is 34.9. The van der Waals surface area contributed by atoms with E-state index in [-0.39, 0.29) is 11.2 Å². The molecule has 1 aromatic carbocycles. The smallest absolute Gasteiger partial charge is 0.123 e. The summed E-state index contributed by atoms with van der Waals surface area (Å²) in [5, 5.41) is 3.80. The minimum absolute atomic E-state index is 0.0168. The van der Waals surface area contributed by atoms with E-state index < -0.39 is 0 Å². The molecule has 5 nitrogen and oxygen atoms in total. The molecule has 4 rings (SSSR count). The number of hydrogen-bond acceptors (Lipinski definition) is 5. The Morgan fingerprint density at radius 3 is 2.72 bits per heavy atom. The molecule has 3 N–H and O–H groups in total. The zero-order chi connectivity index (χ0) is 17.6. The molecule has 0 aromatic heterocycles. The molecule has 3 heterocycles. The highest BCUT2D eigenvalue weighted by Crippen LogP contribution is 2.44. The molecule has 3 aliphatic heterocycles. The predicted octanol–water partition coefficient (Wildman–Crippen LogP) is 1.86. The third kappa shape index (κ3) is 3.05. The van der Waals surface area contributed by atoms with Crippen LogP contribution in [-0.4, -0.2) is 44.6 Å². The fraction of sp³-hybridized carbons (Fsp3) is 0.684. The second kappa shape index (κ2) is 6.50. The van der Waals surface area contributed by atoms with Gasteiger partial charge in [0.05, 0.1) is 12.8 Å². The van der Waals surface area contributed by atoms with Crippen LogP contribution < -0.4 is 21.1 Å². The Bertz CT molecular complexity index is 608. The molecule has 0 spiro atoms. The fourth-order valence-electron chi connectivity index (χ4n) is 5.02. The van der Waals surface area contributed by atoms with Gasteiger partial charge >= 0.3 is 0 Å². The average molecular weight is 348 g/mol. The van der Waals surface area contributed by atoms with Gasteiger partial charge in [-0.3, -0.25) is 10.7 Å². The molecule has 0 radical (unpaired) electrons. The number of fused-ring (bicyclic) bond motifs is 2. The van der Waals surface area contributed by atoms with Gasteiger partial charge in [0.25, 0.3) is 0 Å². The number of nitrogens with one attached hydrogen (secondary N) is 3. The van der Waals surface area contributed by atoms with Crippen molar-refractivity contribution in [3.63, 3.8) is 0 Å². The molecule has 25 heavy (non-hydrogen) atoms. The summed E-state index contributed by atoms with van der Waals surface area (Å²) in [6.45, 7) is 6.25. The Hall–Kier alpha value is -1.21. The molecule has 1 aromatic rings. The zero-order valence-corrected chi connectivity index (χ0v) is 15.3. The summed E-state index contributed by atoms with van der Waals surface area (Å²) in [5.74, 6) is 0.395. The Morgan fingerprint density at radius 2 is 2.00 bits per heavy atom. The number of piperidine rings is 1. The van der Waals surface area contributed by atoms with Crippen molar-refractivity contribution in [2.24, 2.45) is 11.3 Å². The Balaban J connectivity index is 1.67. The van der Waals surface area contributed by atoms with Crippen molar-refractivity contribution in [3.8, 4) is 0 Å². The summed E-state index contributed by atoms with van der Waals surface area (Å²) >= 11 is 0. The standard InChI is InChI=1S/C19H29FN4O/c1-19(2,11-25-3)17-9-15-16(8-12-10-21-23-18(12)22-15)24(17)14-6-4-13(20)5-7-14/h4-7,12,15-18,21-23H,8-11H2,1-3H3. The quantitative estimate of drug-likeness (QED) is 0.775. The van der Waals surface area contributed by atoms with Crippen LogP contribution in [0.1, 0.15) is 26.7 Å². The van der Waals surface area contributed by atoms with Gasteiger partial charge in [0.2, 0.25) is 0 Å². The van der Waals surface area contributed by atoms with Gasteiger partial charge in [-0.05, 0) is 37.1 Å². The van der Waals surface area contributed by atoms with Crippen molar-refractivity contribution in [3.05, 3.63) is 30.1 Å². The lowest BCUT2D eigenvalue weighted by atomic mass is 9.82. The molecule has 3 fully saturated rings. The largest absolute Gasteiger partial charge is 0.384 e. The van der Waals surface area contributed by atoms with Crippen LogP contribution in [-0.2, 0) is 4.74 Å². The monoisotopic (exact) mass is 348 g/mol. The van der Waals surface area contributed by atoms with Crippen LogP contribution in [0.5, 0.6) is 0 Å². The maximum atomic E-state index is 13.5. The van der Waals surface area contributed by atoms with Gasteiger partial charge in [-0.15, -0.1) is 0 Å². The summed E-state index contributed by atoms with van der Waals surface area (Å²) in [4.78, 5) is 2.53. The first-order valence-corrected chi connectivity index (χ1v) is 9.27. The topological polar surface area (TPSA) is 48.6 Å². The van der Waals surface area contributed by atoms with Crippen molar-refractivity contribution in [1.29, 1.82) is 0 Å². The van der Waals surface area contributed by atoms with Crippen molar-refractivity contribution >= 4 is 5.69 Å². The van der Waals surface area contributed by atoms with E-state index in [1.54, 1.807) is 19.2 Å². The third-order valence-electron chi connectivity index (χ3n) is 6.21. The Morgan fingerprint density at radius 1 is 1.24 bits per heavy atom. The lowest BCUT2D eigenvalue weighted by Crippen LogP contribution is -2.58. The minimum Gasteiger partial charge on any atom is -0.384 e. The average Bonchev–Trinajstić information content (AvgIpc) is 3.17. The van der Waals surface area contributed by atoms with E-state index >= 15 is 0 Å². The predicted molar refractivity (Wildman–Crippen MR) is 96.7 cm³/mol. The van der Waals surface area contributed by atoms with Gasteiger partial charge in [0.15, 0.2) is 0 Å². The summed E-state index contributed by atoms with van der Waals surface area (Å²) in [7, 11) is 1.77. The number of hydrogen-bond donors (Lipinski definition) is 3. The highest BCUT2D eigenvalue weighted by molar-refractivity contribution is 5.51. The molecule has 5 unspecified atom stereocenters. The van der Waals surface area contributed by atoms with Crippen LogP contribution >= 0.6 is 0 Å². The number of hydrazine groups is 1. The van der Waals surface area contributed by atoms with Crippen LogP contribution in [0, 0.1) is 17.2 Å². The molecule has 138 valence electrons. The lowest BCUT2D eigenvalue weighted by Gasteiger charge is -2.43. The molecular weight excluding hydrogens is 319 g/mol. The van der Waals surface area contributed by atoms with Crippen LogP contribution in [0.2, 0.25) is 0 Å². The maximum Gasteiger partial charge on any atom is 0.123 e. The Kier molecular flexibility index (Phi) is 4.48. The first-order valence-electron chi connectivity index (χ1n) is 9.27. The van der Waals surface area contributed by atoms with E-state index in [0.717, 1.165) is 25.1 Å². The molecule has 0 aliphatic carbocycles. The number of nitrogens with zero attached hydrogens (tertiary/aromatic N) is 1. The molecule has 0 bridgehead atoms. The van der Waals surface area contributed by atoms with Gasteiger partial charge in [0.1, 0.15) is 5.82 Å². The van der Waals surface area contributed by atoms with Gasteiger partial charge in [-0.1, -0.05) is 13.8 Å². The highest BCUT2D eigenvalue weighted by Gasteiger charge is 2.52. The van der Waals surface area contributed by atoms with E-state index in [4.69, 9.17) is 4.74 Å². The molecule has 3 aliphatic rings. The number of rotatable bonds is 4. The van der Waals surface area contributed by atoms with Gasteiger partial charge in [-0.2, -0.15) is 0 Å². The molecule has 0 saturated carbocycles. The first kappa shape index (κ1) is 17.2. The fourth-order valence-corrected chi connectivity index (χ4v) is 5.02. The van der Waals surface area contributed by atoms with E-state index in [1.165, 1.54) is 0 Å². The number of anilines is 1. The third-order valence-corrected chi connectivity index (χ3v) is 6.21. The first-order chi connectivity index (χ1) is 12.0. The molecule has 3 saturated heterocycles. The van der Waals surface area contributed by atoms with Gasteiger partial charge < -0.3 is 9.64 Å². The van der Waals surface area contributed by atoms with E-state index in [9.17, 15) is 4.39 Å². The van der Waals surface area contributed by atoms with Gasteiger partial charge in [0, 0.05) is 48.8 Å². The Labute approximate surface area is 149 Å². The second-order valence-electron chi connectivity index (χ2n) is 8.40. The molecular formula is C19H29FN4O. The van der Waals surface area contributed by atoms with Gasteiger partial charge in [-0.25, -0.2) is 9.82 Å². The molecule has 6 heteroatoms. The number of methoxy groups -OCH3 is 1.